The number of carboxylic acids is 1. The van der Waals surface area contributed by atoms with Gasteiger partial charge in [0.2, 0.25) is 0 Å². The van der Waals surface area contributed by atoms with Gasteiger partial charge in [-0.2, -0.15) is 4.31 Å². The number of aromatic amines is 1. The fourth-order valence-electron chi connectivity index (χ4n) is 2.24. The molecule has 1 fully saturated rings. The van der Waals surface area contributed by atoms with Crippen molar-refractivity contribution in [3.8, 4) is 0 Å². The third kappa shape index (κ3) is 3.03. The summed E-state index contributed by atoms with van der Waals surface area (Å²) in [5.41, 5.74) is 0.251. The van der Waals surface area contributed by atoms with Crippen LogP contribution in [-0.4, -0.2) is 46.0 Å². The summed E-state index contributed by atoms with van der Waals surface area (Å²) in [5, 5.41) is 8.86. The minimum absolute atomic E-state index is 0.0950. The molecule has 7 nitrogen and oxygen atoms in total. The Labute approximate surface area is 130 Å². The number of carboxylic acid groups (broad SMARTS) is 1. The molecule has 2 rings (SSSR count). The van der Waals surface area contributed by atoms with Crippen molar-refractivity contribution in [2.75, 3.05) is 5.75 Å². The van der Waals surface area contributed by atoms with Crippen LogP contribution in [0.4, 0.5) is 0 Å². The lowest BCUT2D eigenvalue weighted by Crippen LogP contribution is -2.45. The fourth-order valence-corrected chi connectivity index (χ4v) is 7.29. The predicted octanol–water partition coefficient (Wildman–Crippen LogP) is 1.06. The second-order valence-electron chi connectivity index (χ2n) is 4.69. The number of aryl methyl sites for hydroxylation is 1. The SMILES string of the molecule is CCCC1SCC(C(=O)O)N1S(=O)(=O)c1sc(=O)[nH]c1C. The van der Waals surface area contributed by atoms with Gasteiger partial charge in [0.15, 0.2) is 4.21 Å². The van der Waals surface area contributed by atoms with E-state index in [4.69, 9.17) is 0 Å². The Hall–Kier alpha value is -0.840. The predicted molar refractivity (Wildman–Crippen MR) is 81.3 cm³/mol. The number of H-pyrrole nitrogens is 1. The molecule has 0 aromatic carbocycles. The normalized spacial score (nSPS) is 23.5. The van der Waals surface area contributed by atoms with E-state index in [1.807, 2.05) is 6.92 Å². The van der Waals surface area contributed by atoms with Crippen LogP contribution in [0.5, 0.6) is 0 Å². The molecule has 1 aromatic heterocycles. The van der Waals surface area contributed by atoms with Gasteiger partial charge in [-0.1, -0.05) is 24.7 Å². The highest BCUT2D eigenvalue weighted by molar-refractivity contribution is 8.01. The number of sulfonamides is 1. The Morgan fingerprint density at radius 3 is 2.67 bits per heavy atom. The largest absolute Gasteiger partial charge is 0.480 e. The number of thioether (sulfide) groups is 1. The molecular weight excluding hydrogens is 336 g/mol. The van der Waals surface area contributed by atoms with Gasteiger partial charge in [-0.25, -0.2) is 8.42 Å². The number of nitrogens with zero attached hydrogens (tertiary/aromatic N) is 1. The summed E-state index contributed by atoms with van der Waals surface area (Å²) < 4.78 is 26.5. The number of nitrogens with one attached hydrogen (secondary N) is 1. The third-order valence-electron chi connectivity index (χ3n) is 3.15. The maximum absolute atomic E-state index is 12.8. The quantitative estimate of drug-likeness (QED) is 0.820. The van der Waals surface area contributed by atoms with Crippen LogP contribution in [0.25, 0.3) is 0 Å². The van der Waals surface area contributed by atoms with Crippen molar-refractivity contribution in [2.45, 2.75) is 42.3 Å². The molecule has 0 saturated carbocycles. The van der Waals surface area contributed by atoms with Gasteiger partial charge in [0.25, 0.3) is 10.0 Å². The Morgan fingerprint density at radius 2 is 2.19 bits per heavy atom. The van der Waals surface area contributed by atoms with Crippen LogP contribution in [-0.2, 0) is 14.8 Å². The van der Waals surface area contributed by atoms with Gasteiger partial charge in [-0.3, -0.25) is 9.59 Å². The lowest BCUT2D eigenvalue weighted by molar-refractivity contribution is -0.140. The molecule has 1 saturated heterocycles. The molecule has 1 aliphatic rings. The Bertz CT molecular complexity index is 693. The Balaban J connectivity index is 2.50. The first-order chi connectivity index (χ1) is 9.78. The number of aromatic nitrogens is 1. The first-order valence-electron chi connectivity index (χ1n) is 6.36. The van der Waals surface area contributed by atoms with Crippen LogP contribution >= 0.6 is 23.1 Å². The Kier molecular flexibility index (Phi) is 4.81. The van der Waals surface area contributed by atoms with Gasteiger partial charge in [0.05, 0.1) is 5.37 Å². The summed E-state index contributed by atoms with van der Waals surface area (Å²) in [4.78, 5) is 24.7. The van der Waals surface area contributed by atoms with E-state index in [0.717, 1.165) is 10.7 Å². The van der Waals surface area contributed by atoms with Crippen molar-refractivity contribution in [3.05, 3.63) is 15.4 Å². The van der Waals surface area contributed by atoms with Crippen molar-refractivity contribution in [3.63, 3.8) is 0 Å². The zero-order chi connectivity index (χ0) is 15.8. The van der Waals surface area contributed by atoms with Gasteiger partial charge in [0, 0.05) is 11.4 Å². The molecule has 21 heavy (non-hydrogen) atoms. The highest BCUT2D eigenvalue weighted by atomic mass is 32.2. The molecule has 10 heteroatoms. The molecule has 1 aromatic rings. The zero-order valence-electron chi connectivity index (χ0n) is 11.5. The van der Waals surface area contributed by atoms with Crippen molar-refractivity contribution >= 4 is 39.1 Å². The summed E-state index contributed by atoms with van der Waals surface area (Å²) in [5.74, 6) is -0.942. The van der Waals surface area contributed by atoms with Crippen molar-refractivity contribution < 1.29 is 18.3 Å². The number of rotatable bonds is 5. The second-order valence-corrected chi connectivity index (χ2v) is 8.93. The molecule has 0 radical (unpaired) electrons. The van der Waals surface area contributed by atoms with Crippen molar-refractivity contribution in [1.29, 1.82) is 0 Å². The molecule has 2 N–H and O–H groups in total. The monoisotopic (exact) mass is 352 g/mol. The minimum atomic E-state index is -4.00. The number of carbonyl (C=O) groups is 1. The second kappa shape index (κ2) is 6.11. The summed E-state index contributed by atoms with van der Waals surface area (Å²) in [6.45, 7) is 3.41. The van der Waals surface area contributed by atoms with E-state index < -0.39 is 32.3 Å². The molecule has 118 valence electrons. The number of hydrogen-bond donors (Lipinski definition) is 2. The summed E-state index contributed by atoms with van der Waals surface area (Å²) in [7, 11) is -4.00. The average molecular weight is 352 g/mol. The Morgan fingerprint density at radius 1 is 1.52 bits per heavy atom. The van der Waals surface area contributed by atoms with Crippen LogP contribution in [0.15, 0.2) is 9.00 Å². The van der Waals surface area contributed by atoms with E-state index in [1.165, 1.54) is 18.7 Å². The van der Waals surface area contributed by atoms with Crippen molar-refractivity contribution in [2.24, 2.45) is 0 Å². The number of aliphatic carboxylic acids is 1. The van der Waals surface area contributed by atoms with Crippen LogP contribution in [0.3, 0.4) is 0 Å². The standard InChI is InChI=1S/C11H16N2O5S3/c1-3-4-8-13(7(5-19-8)9(14)15)21(17,18)10-6(2)12-11(16)20-10/h7-8H,3-5H2,1-2H3,(H,12,16)(H,14,15). The maximum Gasteiger partial charge on any atom is 0.322 e. The first kappa shape index (κ1) is 16.5. The lowest BCUT2D eigenvalue weighted by atomic mass is 10.3. The number of thiazole rings is 1. The molecular formula is C11H16N2O5S3. The van der Waals surface area contributed by atoms with Gasteiger partial charge in [-0.15, -0.1) is 11.8 Å². The average Bonchev–Trinajstić information content (AvgIpc) is 2.94. The first-order valence-corrected chi connectivity index (χ1v) is 9.67. The molecule has 0 amide bonds. The van der Waals surface area contributed by atoms with Crippen LogP contribution < -0.4 is 4.87 Å². The van der Waals surface area contributed by atoms with Crippen LogP contribution in [0, 0.1) is 6.92 Å². The molecule has 0 bridgehead atoms. The highest BCUT2D eigenvalue weighted by Crippen LogP contribution is 2.38. The molecule has 0 spiro atoms. The van der Waals surface area contributed by atoms with E-state index in [0.29, 0.717) is 17.8 Å². The summed E-state index contributed by atoms with van der Waals surface area (Å²) >= 11 is 1.93. The van der Waals surface area contributed by atoms with Gasteiger partial charge < -0.3 is 10.1 Å². The van der Waals surface area contributed by atoms with Crippen molar-refractivity contribution in [1.82, 2.24) is 9.29 Å². The fraction of sp³-hybridized carbons (Fsp3) is 0.636. The smallest absolute Gasteiger partial charge is 0.322 e. The highest BCUT2D eigenvalue weighted by Gasteiger charge is 2.47. The maximum atomic E-state index is 12.8. The zero-order valence-corrected chi connectivity index (χ0v) is 14.0. The van der Waals surface area contributed by atoms with E-state index in [9.17, 15) is 23.1 Å². The topological polar surface area (TPSA) is 108 Å². The van der Waals surface area contributed by atoms with Crippen LogP contribution in [0.1, 0.15) is 25.5 Å². The summed E-state index contributed by atoms with van der Waals surface area (Å²) in [6.07, 6.45) is 1.32. The molecule has 2 atom stereocenters. The molecule has 0 aliphatic carbocycles. The van der Waals surface area contributed by atoms with Gasteiger partial charge >= 0.3 is 10.8 Å². The molecule has 2 unspecified atom stereocenters. The number of hydrogen-bond acceptors (Lipinski definition) is 6. The minimum Gasteiger partial charge on any atom is -0.480 e. The van der Waals surface area contributed by atoms with E-state index in [1.54, 1.807) is 0 Å². The lowest BCUT2D eigenvalue weighted by Gasteiger charge is -2.25. The molecule has 1 aliphatic heterocycles. The van der Waals surface area contributed by atoms with Gasteiger partial charge in [-0.05, 0) is 13.3 Å². The summed E-state index contributed by atoms with van der Waals surface area (Å²) in [6, 6.07) is -1.09. The van der Waals surface area contributed by atoms with Crippen LogP contribution in [0.2, 0.25) is 0 Å². The third-order valence-corrected chi connectivity index (χ3v) is 8.14. The van der Waals surface area contributed by atoms with Gasteiger partial charge in [0.1, 0.15) is 6.04 Å². The molecule has 2 heterocycles. The van der Waals surface area contributed by atoms with E-state index >= 15 is 0 Å². The van der Waals surface area contributed by atoms with E-state index in [2.05, 4.69) is 4.98 Å². The van der Waals surface area contributed by atoms with E-state index in [-0.39, 0.29) is 15.7 Å².